The van der Waals surface area contributed by atoms with Crippen LogP contribution in [-0.4, -0.2) is 62.9 Å². The molecule has 0 radical (unpaired) electrons. The van der Waals surface area contributed by atoms with Crippen molar-refractivity contribution in [2.75, 3.05) is 47.1 Å². The van der Waals surface area contributed by atoms with Crippen molar-refractivity contribution in [3.05, 3.63) is 29.3 Å². The molecule has 0 aliphatic carbocycles. The van der Waals surface area contributed by atoms with Gasteiger partial charge < -0.3 is 14.6 Å². The lowest BCUT2D eigenvalue weighted by Gasteiger charge is -2.20. The van der Waals surface area contributed by atoms with E-state index in [2.05, 4.69) is 0 Å². The standard InChI is InChI=1S/C15H23NO4/c1-12-4-5-13(15(10-12)20-3)14(18)11-16(6-8-17)7-9-19-2/h4-5,10,17H,6-9,11H2,1-3H3. The number of aryl methyl sites for hydroxylation is 1. The molecule has 0 saturated carbocycles. The molecule has 0 spiro atoms. The minimum Gasteiger partial charge on any atom is -0.496 e. The summed E-state index contributed by atoms with van der Waals surface area (Å²) >= 11 is 0. The first kappa shape index (κ1) is 16.6. The first-order valence-corrected chi connectivity index (χ1v) is 6.62. The highest BCUT2D eigenvalue weighted by molar-refractivity contribution is 6.00. The van der Waals surface area contributed by atoms with Gasteiger partial charge in [0, 0.05) is 20.2 Å². The van der Waals surface area contributed by atoms with Crippen molar-refractivity contribution in [3.63, 3.8) is 0 Å². The molecule has 0 heterocycles. The molecule has 0 aliphatic rings. The molecule has 0 atom stereocenters. The van der Waals surface area contributed by atoms with Gasteiger partial charge in [0.15, 0.2) is 5.78 Å². The van der Waals surface area contributed by atoms with E-state index < -0.39 is 0 Å². The second kappa shape index (κ2) is 8.68. The molecule has 1 aromatic carbocycles. The molecule has 0 aliphatic heterocycles. The number of rotatable bonds is 9. The average molecular weight is 281 g/mol. The fourth-order valence-corrected chi connectivity index (χ4v) is 1.95. The molecule has 5 nitrogen and oxygen atoms in total. The molecule has 1 aromatic rings. The Morgan fingerprint density at radius 3 is 2.65 bits per heavy atom. The summed E-state index contributed by atoms with van der Waals surface area (Å²) in [5.41, 5.74) is 1.61. The molecule has 0 amide bonds. The summed E-state index contributed by atoms with van der Waals surface area (Å²) in [5.74, 6) is 0.567. The van der Waals surface area contributed by atoms with Crippen molar-refractivity contribution < 1.29 is 19.4 Å². The lowest BCUT2D eigenvalue weighted by Crippen LogP contribution is -2.35. The lowest BCUT2D eigenvalue weighted by molar-refractivity contribution is 0.0866. The van der Waals surface area contributed by atoms with Crippen LogP contribution < -0.4 is 4.74 Å². The molecule has 0 bridgehead atoms. The highest BCUT2D eigenvalue weighted by Crippen LogP contribution is 2.20. The van der Waals surface area contributed by atoms with Crippen LogP contribution in [0.2, 0.25) is 0 Å². The zero-order valence-corrected chi connectivity index (χ0v) is 12.4. The van der Waals surface area contributed by atoms with Crippen molar-refractivity contribution in [1.29, 1.82) is 0 Å². The SMILES string of the molecule is COCCN(CCO)CC(=O)c1ccc(C)cc1OC. The number of nitrogens with zero attached hydrogens (tertiary/aromatic N) is 1. The van der Waals surface area contributed by atoms with Crippen LogP contribution in [0.3, 0.4) is 0 Å². The van der Waals surface area contributed by atoms with E-state index in [4.69, 9.17) is 14.6 Å². The van der Waals surface area contributed by atoms with E-state index in [0.29, 0.717) is 31.0 Å². The Bertz CT molecular complexity index is 434. The monoisotopic (exact) mass is 281 g/mol. The van der Waals surface area contributed by atoms with Gasteiger partial charge in [0.05, 0.1) is 32.4 Å². The van der Waals surface area contributed by atoms with Gasteiger partial charge in [-0.3, -0.25) is 9.69 Å². The lowest BCUT2D eigenvalue weighted by atomic mass is 10.1. The predicted molar refractivity (Wildman–Crippen MR) is 77.5 cm³/mol. The third-order valence-electron chi connectivity index (χ3n) is 3.05. The number of ketones is 1. The first-order valence-electron chi connectivity index (χ1n) is 6.62. The van der Waals surface area contributed by atoms with Gasteiger partial charge in [0.25, 0.3) is 0 Å². The highest BCUT2D eigenvalue weighted by atomic mass is 16.5. The normalized spacial score (nSPS) is 10.8. The third kappa shape index (κ3) is 4.92. The quantitative estimate of drug-likeness (QED) is 0.688. The van der Waals surface area contributed by atoms with E-state index >= 15 is 0 Å². The van der Waals surface area contributed by atoms with E-state index in [9.17, 15) is 4.79 Å². The van der Waals surface area contributed by atoms with Crippen LogP contribution in [0.4, 0.5) is 0 Å². The Kier molecular flexibility index (Phi) is 7.22. The average Bonchev–Trinajstić information content (AvgIpc) is 2.44. The number of carbonyl (C=O) groups excluding carboxylic acids is 1. The van der Waals surface area contributed by atoms with Crippen LogP contribution in [0.25, 0.3) is 0 Å². The van der Waals surface area contributed by atoms with Gasteiger partial charge in [-0.2, -0.15) is 0 Å². The summed E-state index contributed by atoms with van der Waals surface area (Å²) in [5, 5.41) is 9.04. The molecule has 0 unspecified atom stereocenters. The van der Waals surface area contributed by atoms with Crippen molar-refractivity contribution in [2.24, 2.45) is 0 Å². The Labute approximate surface area is 120 Å². The number of hydrogen-bond donors (Lipinski definition) is 1. The van der Waals surface area contributed by atoms with Crippen LogP contribution in [0.1, 0.15) is 15.9 Å². The Hall–Kier alpha value is -1.43. The molecule has 0 aromatic heterocycles. The van der Waals surface area contributed by atoms with E-state index in [1.807, 2.05) is 24.0 Å². The van der Waals surface area contributed by atoms with Crippen molar-refractivity contribution in [1.82, 2.24) is 4.90 Å². The second-order valence-electron chi connectivity index (χ2n) is 4.62. The number of hydrogen-bond acceptors (Lipinski definition) is 5. The molecule has 0 saturated heterocycles. The van der Waals surface area contributed by atoms with Gasteiger partial charge in [-0.05, 0) is 24.6 Å². The molecule has 20 heavy (non-hydrogen) atoms. The summed E-state index contributed by atoms with van der Waals surface area (Å²) in [7, 11) is 3.17. The van der Waals surface area contributed by atoms with Gasteiger partial charge in [-0.25, -0.2) is 0 Å². The molecule has 1 N–H and O–H groups in total. The minimum absolute atomic E-state index is 0.0159. The topological polar surface area (TPSA) is 59.0 Å². The van der Waals surface area contributed by atoms with Crippen LogP contribution in [0, 0.1) is 6.92 Å². The fraction of sp³-hybridized carbons (Fsp3) is 0.533. The number of benzene rings is 1. The van der Waals surface area contributed by atoms with Gasteiger partial charge in [0.2, 0.25) is 0 Å². The summed E-state index contributed by atoms with van der Waals surface area (Å²) in [6.45, 7) is 3.79. The largest absolute Gasteiger partial charge is 0.496 e. The zero-order valence-electron chi connectivity index (χ0n) is 12.4. The van der Waals surface area contributed by atoms with E-state index in [1.54, 1.807) is 20.3 Å². The third-order valence-corrected chi connectivity index (χ3v) is 3.05. The van der Waals surface area contributed by atoms with Crippen LogP contribution in [0.15, 0.2) is 18.2 Å². The number of aliphatic hydroxyl groups excluding tert-OH is 1. The Balaban J connectivity index is 2.77. The Morgan fingerprint density at radius 2 is 2.05 bits per heavy atom. The van der Waals surface area contributed by atoms with Crippen molar-refractivity contribution >= 4 is 5.78 Å². The summed E-state index contributed by atoms with van der Waals surface area (Å²) in [4.78, 5) is 14.2. The highest BCUT2D eigenvalue weighted by Gasteiger charge is 2.16. The maximum atomic E-state index is 12.3. The van der Waals surface area contributed by atoms with E-state index in [-0.39, 0.29) is 18.9 Å². The molecular weight excluding hydrogens is 258 g/mol. The van der Waals surface area contributed by atoms with Crippen LogP contribution in [0.5, 0.6) is 5.75 Å². The Morgan fingerprint density at radius 1 is 1.30 bits per heavy atom. The van der Waals surface area contributed by atoms with E-state index in [1.165, 1.54) is 0 Å². The van der Waals surface area contributed by atoms with Crippen molar-refractivity contribution in [3.8, 4) is 5.75 Å². The molecule has 112 valence electrons. The van der Waals surface area contributed by atoms with E-state index in [0.717, 1.165) is 5.56 Å². The summed E-state index contributed by atoms with van der Waals surface area (Å²) < 4.78 is 10.3. The number of ether oxygens (including phenoxy) is 2. The van der Waals surface area contributed by atoms with Gasteiger partial charge in [-0.1, -0.05) is 6.07 Å². The van der Waals surface area contributed by atoms with Gasteiger partial charge >= 0.3 is 0 Å². The van der Waals surface area contributed by atoms with Crippen LogP contribution >= 0.6 is 0 Å². The first-order chi connectivity index (χ1) is 9.62. The number of Topliss-reactive ketones (excluding diaryl/α,β-unsaturated/α-hetero) is 1. The van der Waals surface area contributed by atoms with Crippen LogP contribution in [-0.2, 0) is 4.74 Å². The number of methoxy groups -OCH3 is 2. The van der Waals surface area contributed by atoms with Crippen molar-refractivity contribution in [2.45, 2.75) is 6.92 Å². The maximum Gasteiger partial charge on any atom is 0.180 e. The molecule has 5 heteroatoms. The number of aliphatic hydroxyl groups is 1. The predicted octanol–water partition coefficient (Wildman–Crippen LogP) is 1.13. The number of carbonyl (C=O) groups is 1. The maximum absolute atomic E-state index is 12.3. The zero-order chi connectivity index (χ0) is 15.0. The summed E-state index contributed by atoms with van der Waals surface area (Å²) in [6.07, 6.45) is 0. The minimum atomic E-state index is -0.0218. The van der Waals surface area contributed by atoms with Gasteiger partial charge in [-0.15, -0.1) is 0 Å². The molecule has 1 rings (SSSR count). The smallest absolute Gasteiger partial charge is 0.180 e. The molecular formula is C15H23NO4. The second-order valence-corrected chi connectivity index (χ2v) is 4.62. The summed E-state index contributed by atoms with van der Waals surface area (Å²) in [6, 6.07) is 5.52. The molecule has 0 fully saturated rings. The fourth-order valence-electron chi connectivity index (χ4n) is 1.95. The van der Waals surface area contributed by atoms with Gasteiger partial charge in [0.1, 0.15) is 5.75 Å².